The monoisotopic (exact) mass is 378 g/mol. The minimum atomic E-state index is -4.31. The Morgan fingerprint density at radius 3 is 1.40 bits per heavy atom. The molecule has 5 heteroatoms. The Hall–Kier alpha value is -0.130. The zero-order chi connectivity index (χ0) is 18.8. The largest absolute Gasteiger partial charge is 0.397 e. The highest BCUT2D eigenvalue weighted by Crippen LogP contribution is 2.20. The number of rotatable bonds is 19. The van der Waals surface area contributed by atoms with E-state index >= 15 is 0 Å². The van der Waals surface area contributed by atoms with Crippen LogP contribution in [0, 0.1) is 5.92 Å². The van der Waals surface area contributed by atoms with Crippen LogP contribution in [0.2, 0.25) is 0 Å². The van der Waals surface area contributed by atoms with Gasteiger partial charge in [0.05, 0.1) is 6.61 Å². The van der Waals surface area contributed by atoms with Gasteiger partial charge in [0.2, 0.25) is 0 Å². The molecule has 1 N–H and O–H groups in total. The van der Waals surface area contributed by atoms with Crippen LogP contribution < -0.4 is 0 Å². The Morgan fingerprint density at radius 1 is 0.680 bits per heavy atom. The van der Waals surface area contributed by atoms with E-state index in [1.165, 1.54) is 77.0 Å². The lowest BCUT2D eigenvalue weighted by molar-refractivity contribution is 0.204. The molecule has 0 aromatic heterocycles. The summed E-state index contributed by atoms with van der Waals surface area (Å²) in [5.74, 6) is 0.244. The summed E-state index contributed by atoms with van der Waals surface area (Å²) < 4.78 is 35.1. The molecule has 0 saturated heterocycles. The van der Waals surface area contributed by atoms with Crippen LogP contribution in [0.15, 0.2) is 0 Å². The maximum Gasteiger partial charge on any atom is 0.397 e. The molecule has 0 saturated carbocycles. The topological polar surface area (TPSA) is 63.6 Å². The van der Waals surface area contributed by atoms with Crippen LogP contribution in [0.25, 0.3) is 0 Å². The molecule has 0 aliphatic heterocycles. The fraction of sp³-hybridized carbons (Fsp3) is 1.00. The third kappa shape index (κ3) is 20.0. The molecule has 0 aliphatic rings. The molecule has 0 aliphatic carbocycles. The van der Waals surface area contributed by atoms with Crippen molar-refractivity contribution in [3.05, 3.63) is 0 Å². The number of hydrogen-bond donors (Lipinski definition) is 1. The van der Waals surface area contributed by atoms with Gasteiger partial charge in [0.1, 0.15) is 0 Å². The molecule has 0 bridgehead atoms. The maximum absolute atomic E-state index is 10.8. The lowest BCUT2D eigenvalue weighted by Gasteiger charge is -2.16. The van der Waals surface area contributed by atoms with E-state index < -0.39 is 10.4 Å². The molecule has 0 atom stereocenters. The van der Waals surface area contributed by atoms with Crippen LogP contribution in [-0.2, 0) is 14.6 Å². The highest BCUT2D eigenvalue weighted by molar-refractivity contribution is 7.80. The molecule has 0 spiro atoms. The predicted molar refractivity (Wildman–Crippen MR) is 106 cm³/mol. The zero-order valence-electron chi connectivity index (χ0n) is 16.7. The second kappa shape index (κ2) is 17.3. The average molecular weight is 379 g/mol. The molecule has 0 heterocycles. The Kier molecular flexibility index (Phi) is 17.2. The SMILES string of the molecule is CCCCCCCCCC(CCCCCCCCC)COS(=O)(=O)O. The normalized spacial score (nSPS) is 12.2. The molecular formula is C20H42O4S. The van der Waals surface area contributed by atoms with Gasteiger partial charge in [0.15, 0.2) is 0 Å². The Morgan fingerprint density at radius 2 is 1.04 bits per heavy atom. The Balaban J connectivity index is 3.86. The zero-order valence-corrected chi connectivity index (χ0v) is 17.5. The molecule has 0 amide bonds. The molecule has 0 aromatic carbocycles. The van der Waals surface area contributed by atoms with Crippen molar-refractivity contribution in [3.63, 3.8) is 0 Å². The van der Waals surface area contributed by atoms with Crippen LogP contribution in [0.1, 0.15) is 117 Å². The molecule has 25 heavy (non-hydrogen) atoms. The van der Waals surface area contributed by atoms with Gasteiger partial charge < -0.3 is 0 Å². The third-order valence-electron chi connectivity index (χ3n) is 4.88. The number of unbranched alkanes of at least 4 members (excludes halogenated alkanes) is 12. The summed E-state index contributed by atoms with van der Waals surface area (Å²) in [7, 11) is -4.31. The van der Waals surface area contributed by atoms with E-state index in [1.54, 1.807) is 0 Å². The van der Waals surface area contributed by atoms with Gasteiger partial charge in [-0.2, -0.15) is 8.42 Å². The summed E-state index contributed by atoms with van der Waals surface area (Å²) in [4.78, 5) is 0. The first-order valence-corrected chi connectivity index (χ1v) is 12.0. The Labute approximate surface area is 157 Å². The summed E-state index contributed by atoms with van der Waals surface area (Å²) in [5, 5.41) is 0. The highest BCUT2D eigenvalue weighted by atomic mass is 32.3. The predicted octanol–water partition coefficient (Wildman–Crippen LogP) is 6.70. The van der Waals surface area contributed by atoms with Crippen LogP contribution in [-0.4, -0.2) is 19.6 Å². The lowest BCUT2D eigenvalue weighted by Crippen LogP contribution is -2.14. The van der Waals surface area contributed by atoms with Crippen molar-refractivity contribution in [1.29, 1.82) is 0 Å². The van der Waals surface area contributed by atoms with Gasteiger partial charge in [-0.3, -0.25) is 4.55 Å². The first kappa shape index (κ1) is 24.9. The van der Waals surface area contributed by atoms with E-state index in [-0.39, 0.29) is 12.5 Å². The molecule has 0 rings (SSSR count). The van der Waals surface area contributed by atoms with E-state index in [4.69, 9.17) is 4.55 Å². The second-order valence-corrected chi connectivity index (χ2v) is 8.49. The lowest BCUT2D eigenvalue weighted by atomic mass is 9.95. The van der Waals surface area contributed by atoms with Gasteiger partial charge in [0, 0.05) is 0 Å². The van der Waals surface area contributed by atoms with E-state index in [0.29, 0.717) is 0 Å². The van der Waals surface area contributed by atoms with Crippen LogP contribution in [0.3, 0.4) is 0 Å². The minimum Gasteiger partial charge on any atom is -0.264 e. The van der Waals surface area contributed by atoms with Crippen LogP contribution >= 0.6 is 0 Å². The van der Waals surface area contributed by atoms with Crippen molar-refractivity contribution >= 4 is 10.4 Å². The smallest absolute Gasteiger partial charge is 0.264 e. The van der Waals surface area contributed by atoms with Gasteiger partial charge >= 0.3 is 10.4 Å². The van der Waals surface area contributed by atoms with Crippen molar-refractivity contribution in [2.75, 3.05) is 6.61 Å². The highest BCUT2D eigenvalue weighted by Gasteiger charge is 2.13. The van der Waals surface area contributed by atoms with E-state index in [9.17, 15) is 8.42 Å². The summed E-state index contributed by atoms with van der Waals surface area (Å²) in [6.07, 6.45) is 19.7. The van der Waals surface area contributed by atoms with Crippen molar-refractivity contribution in [2.24, 2.45) is 5.92 Å². The van der Waals surface area contributed by atoms with Gasteiger partial charge in [-0.1, -0.05) is 104 Å². The molecule has 152 valence electrons. The second-order valence-electron chi connectivity index (χ2n) is 7.40. The van der Waals surface area contributed by atoms with Crippen molar-refractivity contribution in [1.82, 2.24) is 0 Å². The number of hydrogen-bond acceptors (Lipinski definition) is 3. The van der Waals surface area contributed by atoms with Gasteiger partial charge in [-0.05, 0) is 18.8 Å². The van der Waals surface area contributed by atoms with Crippen molar-refractivity contribution in [2.45, 2.75) is 117 Å². The minimum absolute atomic E-state index is 0.129. The maximum atomic E-state index is 10.8. The van der Waals surface area contributed by atoms with E-state index in [0.717, 1.165) is 25.7 Å². The molecule has 0 unspecified atom stereocenters. The molecule has 4 nitrogen and oxygen atoms in total. The molecule has 0 fully saturated rings. The van der Waals surface area contributed by atoms with E-state index in [2.05, 4.69) is 18.0 Å². The van der Waals surface area contributed by atoms with Gasteiger partial charge in [0.25, 0.3) is 0 Å². The fourth-order valence-corrected chi connectivity index (χ4v) is 3.64. The van der Waals surface area contributed by atoms with Gasteiger partial charge in [-0.15, -0.1) is 0 Å². The summed E-state index contributed by atoms with van der Waals surface area (Å²) >= 11 is 0. The first-order chi connectivity index (χ1) is 12.0. The average Bonchev–Trinajstić information content (AvgIpc) is 2.56. The molecular weight excluding hydrogens is 336 g/mol. The van der Waals surface area contributed by atoms with Crippen LogP contribution in [0.4, 0.5) is 0 Å². The quantitative estimate of drug-likeness (QED) is 0.200. The third-order valence-corrected chi connectivity index (χ3v) is 5.32. The molecule has 0 aromatic rings. The van der Waals surface area contributed by atoms with Gasteiger partial charge in [-0.25, -0.2) is 4.18 Å². The van der Waals surface area contributed by atoms with E-state index in [1.807, 2.05) is 0 Å². The fourth-order valence-electron chi connectivity index (χ4n) is 3.27. The van der Waals surface area contributed by atoms with Crippen molar-refractivity contribution in [3.8, 4) is 0 Å². The standard InChI is InChI=1S/C20H42O4S/c1-3-5-7-9-11-13-15-17-20(19-24-25(21,22)23)18-16-14-12-10-8-6-4-2/h20H,3-19H2,1-2H3,(H,21,22,23). The molecule has 0 radical (unpaired) electrons. The summed E-state index contributed by atoms with van der Waals surface area (Å²) in [6, 6.07) is 0. The summed E-state index contributed by atoms with van der Waals surface area (Å²) in [5.41, 5.74) is 0. The summed E-state index contributed by atoms with van der Waals surface area (Å²) in [6.45, 7) is 4.58. The Bertz CT molecular complexity index is 350. The first-order valence-electron chi connectivity index (χ1n) is 10.6. The van der Waals surface area contributed by atoms with Crippen LogP contribution in [0.5, 0.6) is 0 Å². The van der Waals surface area contributed by atoms with Crippen molar-refractivity contribution < 1.29 is 17.2 Å².